The summed E-state index contributed by atoms with van der Waals surface area (Å²) in [6.07, 6.45) is 1.76. The van der Waals surface area contributed by atoms with Gasteiger partial charge in [-0.25, -0.2) is 17.2 Å². The van der Waals surface area contributed by atoms with Crippen LogP contribution in [0.2, 0.25) is 0 Å². The highest BCUT2D eigenvalue weighted by Crippen LogP contribution is 2.30. The summed E-state index contributed by atoms with van der Waals surface area (Å²) in [6.45, 7) is 0. The number of nitrogens with two attached hydrogens (primary N) is 1. The van der Waals surface area contributed by atoms with E-state index in [0.29, 0.717) is 12.8 Å². The quantitative estimate of drug-likeness (QED) is 0.897. The number of hydrogen-bond acceptors (Lipinski definition) is 3. The summed E-state index contributed by atoms with van der Waals surface area (Å²) < 4.78 is 50.5. The predicted molar refractivity (Wildman–Crippen MR) is 64.7 cm³/mol. The number of halogens is 2. The first kappa shape index (κ1) is 13.4. The molecular formula is C12H15F2NO2S. The molecule has 1 fully saturated rings. The van der Waals surface area contributed by atoms with Crippen LogP contribution in [0.1, 0.15) is 30.9 Å². The van der Waals surface area contributed by atoms with E-state index < -0.39 is 32.8 Å². The molecule has 0 bridgehead atoms. The van der Waals surface area contributed by atoms with Gasteiger partial charge in [0, 0.05) is 11.6 Å². The second-order valence-corrected chi connectivity index (χ2v) is 6.93. The molecule has 1 aromatic carbocycles. The summed E-state index contributed by atoms with van der Waals surface area (Å²) in [4.78, 5) is 0. The van der Waals surface area contributed by atoms with Gasteiger partial charge in [-0.15, -0.1) is 0 Å². The van der Waals surface area contributed by atoms with Gasteiger partial charge in [0.05, 0.1) is 11.0 Å². The van der Waals surface area contributed by atoms with Gasteiger partial charge in [-0.05, 0) is 31.0 Å². The zero-order chi connectivity index (χ0) is 13.3. The Morgan fingerprint density at radius 3 is 2.67 bits per heavy atom. The number of benzene rings is 1. The average Bonchev–Trinajstić information content (AvgIpc) is 2.31. The van der Waals surface area contributed by atoms with Gasteiger partial charge in [0.15, 0.2) is 9.84 Å². The van der Waals surface area contributed by atoms with Gasteiger partial charge in [0.25, 0.3) is 0 Å². The average molecular weight is 275 g/mol. The molecule has 1 aromatic rings. The molecule has 0 aromatic heterocycles. The van der Waals surface area contributed by atoms with Gasteiger partial charge in [-0.3, -0.25) is 0 Å². The molecule has 2 N–H and O–H groups in total. The molecule has 2 unspecified atom stereocenters. The minimum Gasteiger partial charge on any atom is -0.323 e. The van der Waals surface area contributed by atoms with Crippen molar-refractivity contribution in [3.05, 3.63) is 35.4 Å². The lowest BCUT2D eigenvalue weighted by Gasteiger charge is -2.27. The SMILES string of the molecule is NC(c1cc(F)ccc1F)C1CCCCS1(=O)=O. The number of sulfone groups is 1. The van der Waals surface area contributed by atoms with Crippen LogP contribution < -0.4 is 5.73 Å². The van der Waals surface area contributed by atoms with Crippen LogP contribution in [0, 0.1) is 11.6 Å². The van der Waals surface area contributed by atoms with Crippen LogP contribution in [0.4, 0.5) is 8.78 Å². The largest absolute Gasteiger partial charge is 0.323 e. The lowest BCUT2D eigenvalue weighted by Crippen LogP contribution is -2.38. The van der Waals surface area contributed by atoms with Crippen molar-refractivity contribution in [3.63, 3.8) is 0 Å². The lowest BCUT2D eigenvalue weighted by molar-refractivity contribution is 0.488. The first-order valence-electron chi connectivity index (χ1n) is 5.84. The number of hydrogen-bond donors (Lipinski definition) is 1. The fourth-order valence-corrected chi connectivity index (χ4v) is 4.38. The summed E-state index contributed by atoms with van der Waals surface area (Å²) >= 11 is 0. The van der Waals surface area contributed by atoms with Crippen molar-refractivity contribution >= 4 is 9.84 Å². The van der Waals surface area contributed by atoms with Crippen LogP contribution in [0.3, 0.4) is 0 Å². The zero-order valence-corrected chi connectivity index (χ0v) is 10.6. The Morgan fingerprint density at radius 2 is 2.00 bits per heavy atom. The molecule has 1 aliphatic heterocycles. The summed E-state index contributed by atoms with van der Waals surface area (Å²) in [5, 5.41) is -0.817. The molecule has 18 heavy (non-hydrogen) atoms. The highest BCUT2D eigenvalue weighted by Gasteiger charge is 2.35. The molecular weight excluding hydrogens is 260 g/mol. The smallest absolute Gasteiger partial charge is 0.155 e. The fourth-order valence-electron chi connectivity index (χ4n) is 2.35. The molecule has 0 radical (unpaired) electrons. The summed E-state index contributed by atoms with van der Waals surface area (Å²) in [7, 11) is -3.31. The highest BCUT2D eigenvalue weighted by atomic mass is 32.2. The molecule has 0 saturated carbocycles. The molecule has 1 heterocycles. The second-order valence-electron chi connectivity index (χ2n) is 4.59. The standard InChI is InChI=1S/C12H15F2NO2S/c13-8-4-5-10(14)9(7-8)12(15)11-3-1-2-6-18(11,16)17/h4-5,7,11-12H,1-3,6,15H2. The van der Waals surface area contributed by atoms with Gasteiger partial charge >= 0.3 is 0 Å². The predicted octanol–water partition coefficient (Wildman–Crippen LogP) is 1.93. The first-order valence-corrected chi connectivity index (χ1v) is 7.55. The lowest BCUT2D eigenvalue weighted by atomic mass is 10.00. The monoisotopic (exact) mass is 275 g/mol. The van der Waals surface area contributed by atoms with Crippen molar-refractivity contribution in [2.75, 3.05) is 5.75 Å². The van der Waals surface area contributed by atoms with Gasteiger partial charge in [0.1, 0.15) is 11.6 Å². The minimum atomic E-state index is -3.31. The molecule has 2 atom stereocenters. The van der Waals surface area contributed by atoms with Crippen molar-refractivity contribution in [2.24, 2.45) is 5.73 Å². The van der Waals surface area contributed by atoms with Crippen LogP contribution in [-0.4, -0.2) is 19.4 Å². The van der Waals surface area contributed by atoms with Crippen LogP contribution in [0.15, 0.2) is 18.2 Å². The van der Waals surface area contributed by atoms with E-state index in [9.17, 15) is 17.2 Å². The Morgan fingerprint density at radius 1 is 1.28 bits per heavy atom. The van der Waals surface area contributed by atoms with E-state index in [4.69, 9.17) is 5.73 Å². The fraction of sp³-hybridized carbons (Fsp3) is 0.500. The Kier molecular flexibility index (Phi) is 3.68. The van der Waals surface area contributed by atoms with Crippen molar-refractivity contribution in [1.29, 1.82) is 0 Å². The van der Waals surface area contributed by atoms with E-state index in [0.717, 1.165) is 24.6 Å². The van der Waals surface area contributed by atoms with Gasteiger partial charge in [0.2, 0.25) is 0 Å². The zero-order valence-electron chi connectivity index (χ0n) is 9.77. The van der Waals surface area contributed by atoms with Gasteiger partial charge < -0.3 is 5.73 Å². The van der Waals surface area contributed by atoms with Crippen molar-refractivity contribution in [1.82, 2.24) is 0 Å². The van der Waals surface area contributed by atoms with Gasteiger partial charge in [-0.1, -0.05) is 6.42 Å². The van der Waals surface area contributed by atoms with Crippen molar-refractivity contribution in [3.8, 4) is 0 Å². The molecule has 0 aliphatic carbocycles. The van der Waals surface area contributed by atoms with Crippen molar-refractivity contribution < 1.29 is 17.2 Å². The third-order valence-corrected chi connectivity index (χ3v) is 5.66. The van der Waals surface area contributed by atoms with E-state index in [-0.39, 0.29) is 11.3 Å². The third-order valence-electron chi connectivity index (χ3n) is 3.35. The Hall–Kier alpha value is -1.01. The normalized spacial score (nSPS) is 24.7. The molecule has 6 heteroatoms. The molecule has 3 nitrogen and oxygen atoms in total. The Bertz CT molecular complexity index is 545. The first-order chi connectivity index (χ1) is 8.42. The van der Waals surface area contributed by atoms with E-state index in [1.165, 1.54) is 0 Å². The maximum Gasteiger partial charge on any atom is 0.155 e. The Labute approximate surface area is 105 Å². The Balaban J connectivity index is 2.35. The maximum absolute atomic E-state index is 13.6. The summed E-state index contributed by atoms with van der Waals surface area (Å²) in [5.74, 6) is -1.21. The highest BCUT2D eigenvalue weighted by molar-refractivity contribution is 7.92. The molecule has 0 amide bonds. The van der Waals surface area contributed by atoms with E-state index in [1.54, 1.807) is 0 Å². The molecule has 2 rings (SSSR count). The molecule has 1 saturated heterocycles. The summed E-state index contributed by atoms with van der Waals surface area (Å²) in [6, 6.07) is 1.93. The molecule has 100 valence electrons. The van der Waals surface area contributed by atoms with E-state index in [2.05, 4.69) is 0 Å². The maximum atomic E-state index is 13.6. The van der Waals surface area contributed by atoms with E-state index >= 15 is 0 Å². The number of rotatable bonds is 2. The molecule has 0 spiro atoms. The van der Waals surface area contributed by atoms with Crippen LogP contribution in [0.5, 0.6) is 0 Å². The molecule has 1 aliphatic rings. The minimum absolute atomic E-state index is 0.0644. The topological polar surface area (TPSA) is 60.2 Å². The van der Waals surface area contributed by atoms with Crippen LogP contribution >= 0.6 is 0 Å². The van der Waals surface area contributed by atoms with Crippen LogP contribution in [0.25, 0.3) is 0 Å². The van der Waals surface area contributed by atoms with E-state index in [1.807, 2.05) is 0 Å². The van der Waals surface area contributed by atoms with Crippen molar-refractivity contribution in [2.45, 2.75) is 30.6 Å². The van der Waals surface area contributed by atoms with Gasteiger partial charge in [-0.2, -0.15) is 0 Å². The third kappa shape index (κ3) is 2.54. The second kappa shape index (κ2) is 4.93. The van der Waals surface area contributed by atoms with Crippen LogP contribution in [-0.2, 0) is 9.84 Å². The summed E-state index contributed by atoms with van der Waals surface area (Å²) in [5.41, 5.74) is 5.76.